The van der Waals surface area contributed by atoms with E-state index in [-0.39, 0.29) is 0 Å². The fourth-order valence-electron chi connectivity index (χ4n) is 2.03. The number of aromatic nitrogens is 1. The predicted octanol–water partition coefficient (Wildman–Crippen LogP) is 3.11. The summed E-state index contributed by atoms with van der Waals surface area (Å²) in [4.78, 5) is 3.42. The van der Waals surface area contributed by atoms with Crippen LogP contribution in [0.15, 0.2) is 30.3 Å². The van der Waals surface area contributed by atoms with Crippen molar-refractivity contribution in [3.05, 3.63) is 41.6 Å². The lowest BCUT2D eigenvalue weighted by Crippen LogP contribution is -2.04. The quantitative estimate of drug-likeness (QED) is 0.848. The Labute approximate surface area is 108 Å². The minimum absolute atomic E-state index is 0.702. The van der Waals surface area contributed by atoms with Crippen molar-refractivity contribution >= 4 is 0 Å². The maximum atomic E-state index is 5.44. The zero-order valence-electron chi connectivity index (χ0n) is 11.2. The minimum Gasteiger partial charge on any atom is -0.494 e. The molecule has 96 valence electrons. The van der Waals surface area contributed by atoms with Crippen LogP contribution in [0.2, 0.25) is 0 Å². The van der Waals surface area contributed by atoms with Crippen molar-refractivity contribution in [1.29, 1.82) is 0 Å². The molecule has 0 spiro atoms. The first-order valence-electron chi connectivity index (χ1n) is 6.31. The third kappa shape index (κ3) is 2.74. The van der Waals surface area contributed by atoms with E-state index in [9.17, 15) is 0 Å². The van der Waals surface area contributed by atoms with Crippen LogP contribution in [0, 0.1) is 6.92 Å². The summed E-state index contributed by atoms with van der Waals surface area (Å²) in [6.45, 7) is 5.68. The van der Waals surface area contributed by atoms with Crippen LogP contribution in [0.1, 0.15) is 18.2 Å². The third-order valence-corrected chi connectivity index (χ3v) is 2.97. The lowest BCUT2D eigenvalue weighted by Gasteiger charge is -2.03. The van der Waals surface area contributed by atoms with Crippen LogP contribution in [0.4, 0.5) is 0 Å². The lowest BCUT2D eigenvalue weighted by molar-refractivity contribution is 0.340. The fourth-order valence-corrected chi connectivity index (χ4v) is 2.03. The fraction of sp³-hybridized carbons (Fsp3) is 0.333. The summed E-state index contributed by atoms with van der Waals surface area (Å²) in [5, 5.41) is 3.18. The van der Waals surface area contributed by atoms with Crippen LogP contribution in [0.5, 0.6) is 5.75 Å². The van der Waals surface area contributed by atoms with E-state index < -0.39 is 0 Å². The summed E-state index contributed by atoms with van der Waals surface area (Å²) in [5.41, 5.74) is 4.86. The Bertz CT molecular complexity index is 500. The van der Waals surface area contributed by atoms with Gasteiger partial charge in [0, 0.05) is 17.9 Å². The first-order valence-corrected chi connectivity index (χ1v) is 6.31. The summed E-state index contributed by atoms with van der Waals surface area (Å²) in [6, 6.07) is 10.4. The molecule has 0 aliphatic heterocycles. The SMILES string of the molecule is CCOc1ccc(-c2cc(CNC)c(C)[nH]2)cc1. The maximum absolute atomic E-state index is 5.44. The number of H-pyrrole nitrogens is 1. The number of ether oxygens (including phenoxy) is 1. The van der Waals surface area contributed by atoms with Gasteiger partial charge in [0.2, 0.25) is 0 Å². The van der Waals surface area contributed by atoms with Crippen molar-refractivity contribution in [3.63, 3.8) is 0 Å². The van der Waals surface area contributed by atoms with E-state index in [4.69, 9.17) is 4.74 Å². The van der Waals surface area contributed by atoms with Crippen molar-refractivity contribution < 1.29 is 4.74 Å². The largest absolute Gasteiger partial charge is 0.494 e. The molecule has 0 amide bonds. The van der Waals surface area contributed by atoms with Crippen molar-refractivity contribution in [3.8, 4) is 17.0 Å². The van der Waals surface area contributed by atoms with Crippen LogP contribution in [-0.4, -0.2) is 18.6 Å². The number of rotatable bonds is 5. The van der Waals surface area contributed by atoms with Gasteiger partial charge in [0.05, 0.1) is 6.61 Å². The highest BCUT2D eigenvalue weighted by Crippen LogP contribution is 2.24. The Hall–Kier alpha value is -1.74. The molecule has 0 radical (unpaired) electrons. The number of nitrogens with one attached hydrogen (secondary N) is 2. The van der Waals surface area contributed by atoms with Crippen molar-refractivity contribution in [2.24, 2.45) is 0 Å². The number of hydrogen-bond donors (Lipinski definition) is 2. The van der Waals surface area contributed by atoms with Crippen LogP contribution in [0.25, 0.3) is 11.3 Å². The van der Waals surface area contributed by atoms with Gasteiger partial charge < -0.3 is 15.0 Å². The predicted molar refractivity (Wildman–Crippen MR) is 74.9 cm³/mol. The molecule has 1 aromatic carbocycles. The summed E-state index contributed by atoms with van der Waals surface area (Å²) in [5.74, 6) is 0.917. The molecule has 0 fully saturated rings. The van der Waals surface area contributed by atoms with Gasteiger partial charge >= 0.3 is 0 Å². The van der Waals surface area contributed by atoms with Crippen molar-refractivity contribution in [2.75, 3.05) is 13.7 Å². The molecule has 2 N–H and O–H groups in total. The Kier molecular flexibility index (Phi) is 4.05. The maximum Gasteiger partial charge on any atom is 0.119 e. The molecule has 1 heterocycles. The second-order valence-corrected chi connectivity index (χ2v) is 4.32. The number of hydrogen-bond acceptors (Lipinski definition) is 2. The summed E-state index contributed by atoms with van der Waals surface area (Å²) in [7, 11) is 1.96. The molecule has 0 bridgehead atoms. The molecule has 0 aliphatic rings. The minimum atomic E-state index is 0.702. The molecule has 3 nitrogen and oxygen atoms in total. The molecule has 2 aromatic rings. The van der Waals surface area contributed by atoms with Crippen molar-refractivity contribution in [1.82, 2.24) is 10.3 Å². The van der Waals surface area contributed by atoms with E-state index in [0.717, 1.165) is 18.0 Å². The Balaban J connectivity index is 2.22. The van der Waals surface area contributed by atoms with Gasteiger partial charge in [0.1, 0.15) is 5.75 Å². The molecule has 0 unspecified atom stereocenters. The van der Waals surface area contributed by atoms with Gasteiger partial charge in [-0.15, -0.1) is 0 Å². The third-order valence-electron chi connectivity index (χ3n) is 2.97. The monoisotopic (exact) mass is 244 g/mol. The molecule has 3 heteroatoms. The van der Waals surface area contributed by atoms with Gasteiger partial charge in [-0.05, 0) is 62.4 Å². The van der Waals surface area contributed by atoms with E-state index in [1.165, 1.54) is 16.8 Å². The molecule has 1 aromatic heterocycles. The molecule has 2 rings (SSSR count). The van der Waals surface area contributed by atoms with Gasteiger partial charge in [-0.2, -0.15) is 0 Å². The summed E-state index contributed by atoms with van der Waals surface area (Å²) in [6.07, 6.45) is 0. The summed E-state index contributed by atoms with van der Waals surface area (Å²) < 4.78 is 5.44. The number of aromatic amines is 1. The average molecular weight is 244 g/mol. The van der Waals surface area contributed by atoms with Gasteiger partial charge in [0.15, 0.2) is 0 Å². The van der Waals surface area contributed by atoms with Gasteiger partial charge in [-0.1, -0.05) is 0 Å². The molecule has 0 atom stereocenters. The van der Waals surface area contributed by atoms with Gasteiger partial charge in [-0.25, -0.2) is 0 Å². The topological polar surface area (TPSA) is 37.0 Å². The Morgan fingerprint density at radius 1 is 1.22 bits per heavy atom. The standard InChI is InChI=1S/C15H20N2O/c1-4-18-14-7-5-12(6-8-14)15-9-13(10-16-3)11(2)17-15/h5-9,16-17H,4,10H2,1-3H3. The van der Waals surface area contributed by atoms with Crippen LogP contribution >= 0.6 is 0 Å². The van der Waals surface area contributed by atoms with E-state index in [0.29, 0.717) is 6.61 Å². The highest BCUT2D eigenvalue weighted by molar-refractivity contribution is 5.62. The first kappa shape index (κ1) is 12.7. The Morgan fingerprint density at radius 2 is 1.94 bits per heavy atom. The van der Waals surface area contributed by atoms with E-state index >= 15 is 0 Å². The van der Waals surface area contributed by atoms with E-state index in [1.54, 1.807) is 0 Å². The Morgan fingerprint density at radius 3 is 2.56 bits per heavy atom. The first-order chi connectivity index (χ1) is 8.74. The van der Waals surface area contributed by atoms with Crippen LogP contribution < -0.4 is 10.1 Å². The number of benzene rings is 1. The lowest BCUT2D eigenvalue weighted by atomic mass is 10.1. The second-order valence-electron chi connectivity index (χ2n) is 4.32. The van der Waals surface area contributed by atoms with Gasteiger partial charge in [0.25, 0.3) is 0 Å². The molecule has 18 heavy (non-hydrogen) atoms. The second kappa shape index (κ2) is 5.74. The van der Waals surface area contributed by atoms with E-state index in [2.05, 4.69) is 35.4 Å². The molecule has 0 aliphatic carbocycles. The molecular weight excluding hydrogens is 224 g/mol. The molecule has 0 saturated carbocycles. The van der Waals surface area contributed by atoms with E-state index in [1.807, 2.05) is 26.1 Å². The highest BCUT2D eigenvalue weighted by atomic mass is 16.5. The van der Waals surface area contributed by atoms with Gasteiger partial charge in [-0.3, -0.25) is 0 Å². The summed E-state index contributed by atoms with van der Waals surface area (Å²) >= 11 is 0. The smallest absolute Gasteiger partial charge is 0.119 e. The zero-order chi connectivity index (χ0) is 13.0. The molecular formula is C15H20N2O. The van der Waals surface area contributed by atoms with Crippen LogP contribution in [0.3, 0.4) is 0 Å². The average Bonchev–Trinajstić information content (AvgIpc) is 2.73. The molecule has 0 saturated heterocycles. The highest BCUT2D eigenvalue weighted by Gasteiger charge is 2.05. The van der Waals surface area contributed by atoms with Crippen LogP contribution in [-0.2, 0) is 6.54 Å². The number of aryl methyl sites for hydroxylation is 1. The van der Waals surface area contributed by atoms with Crippen molar-refractivity contribution in [2.45, 2.75) is 20.4 Å². The zero-order valence-corrected chi connectivity index (χ0v) is 11.2. The normalized spacial score (nSPS) is 10.6.